The van der Waals surface area contributed by atoms with Crippen molar-refractivity contribution in [3.05, 3.63) is 71.8 Å². The standard InChI is InChI=1S/C25H27FN4O/c26-21-6-1-4-18(14-21)16-29-11-3-5-20(17-29)25(31)30-12-8-19(9-13-30)23-15-28-24-22(23)7-2-10-27-24/h1-2,4,6-8,10,14-15,20H,3,5,9,11-13,16-17H2,(H,27,28). The molecule has 1 atom stereocenters. The van der Waals surface area contributed by atoms with Gasteiger partial charge in [-0.15, -0.1) is 0 Å². The first-order valence-corrected chi connectivity index (χ1v) is 11.0. The van der Waals surface area contributed by atoms with Crippen molar-refractivity contribution in [2.75, 3.05) is 26.2 Å². The van der Waals surface area contributed by atoms with Gasteiger partial charge in [0.15, 0.2) is 0 Å². The van der Waals surface area contributed by atoms with Crippen molar-refractivity contribution in [2.45, 2.75) is 25.8 Å². The van der Waals surface area contributed by atoms with Crippen LogP contribution in [0.1, 0.15) is 30.4 Å². The molecule has 2 aromatic heterocycles. The van der Waals surface area contributed by atoms with Crippen molar-refractivity contribution in [2.24, 2.45) is 5.92 Å². The predicted molar refractivity (Wildman–Crippen MR) is 120 cm³/mol. The van der Waals surface area contributed by atoms with Crippen LogP contribution in [0.25, 0.3) is 16.6 Å². The number of aromatic amines is 1. The van der Waals surface area contributed by atoms with Crippen LogP contribution in [0, 0.1) is 11.7 Å². The summed E-state index contributed by atoms with van der Waals surface area (Å²) in [5, 5.41) is 1.13. The van der Waals surface area contributed by atoms with Gasteiger partial charge >= 0.3 is 0 Å². The van der Waals surface area contributed by atoms with E-state index in [-0.39, 0.29) is 17.6 Å². The summed E-state index contributed by atoms with van der Waals surface area (Å²) in [6.45, 7) is 3.80. The number of piperidine rings is 1. The fraction of sp³-hybridized carbons (Fsp3) is 0.360. The van der Waals surface area contributed by atoms with Gasteiger partial charge in [0.25, 0.3) is 0 Å². The molecule has 1 fully saturated rings. The minimum Gasteiger partial charge on any atom is -0.346 e. The van der Waals surface area contributed by atoms with Crippen molar-refractivity contribution in [3.63, 3.8) is 0 Å². The summed E-state index contributed by atoms with van der Waals surface area (Å²) in [5.74, 6) is 0.0680. The Labute approximate surface area is 181 Å². The molecule has 1 aromatic carbocycles. The van der Waals surface area contributed by atoms with Gasteiger partial charge in [0, 0.05) is 49.5 Å². The van der Waals surface area contributed by atoms with E-state index >= 15 is 0 Å². The zero-order valence-electron chi connectivity index (χ0n) is 17.6. The summed E-state index contributed by atoms with van der Waals surface area (Å²) in [6, 6.07) is 10.8. The molecule has 2 aliphatic rings. The number of fused-ring (bicyclic) bond motifs is 1. The lowest BCUT2D eigenvalue weighted by molar-refractivity contribution is -0.137. The molecule has 0 spiro atoms. The Kier molecular flexibility index (Phi) is 5.55. The first kappa shape index (κ1) is 19.9. The topological polar surface area (TPSA) is 52.2 Å². The molecule has 160 valence electrons. The van der Waals surface area contributed by atoms with Crippen LogP contribution in [0.5, 0.6) is 0 Å². The first-order chi connectivity index (χ1) is 15.2. The van der Waals surface area contributed by atoms with Crippen molar-refractivity contribution in [3.8, 4) is 0 Å². The van der Waals surface area contributed by atoms with Crippen LogP contribution in [0.15, 0.2) is 54.9 Å². The molecule has 0 aliphatic carbocycles. The lowest BCUT2D eigenvalue weighted by Gasteiger charge is -2.36. The van der Waals surface area contributed by atoms with Crippen LogP contribution < -0.4 is 0 Å². The highest BCUT2D eigenvalue weighted by atomic mass is 19.1. The minimum absolute atomic E-state index is 0.0227. The molecule has 5 nitrogen and oxygen atoms in total. The number of rotatable bonds is 4. The number of pyridine rings is 1. The molecule has 1 amide bonds. The number of carbonyl (C=O) groups is 1. The van der Waals surface area contributed by atoms with Crippen LogP contribution in [0.4, 0.5) is 4.39 Å². The van der Waals surface area contributed by atoms with E-state index in [1.807, 2.05) is 23.2 Å². The Hall–Kier alpha value is -2.99. The Morgan fingerprint density at radius 1 is 1.23 bits per heavy atom. The summed E-state index contributed by atoms with van der Waals surface area (Å²) in [6.07, 6.45) is 8.78. The van der Waals surface area contributed by atoms with Gasteiger partial charge in [-0.05, 0) is 61.2 Å². The van der Waals surface area contributed by atoms with Gasteiger partial charge in [0.05, 0.1) is 5.92 Å². The molecule has 2 aliphatic heterocycles. The van der Waals surface area contributed by atoms with Gasteiger partial charge in [-0.25, -0.2) is 9.37 Å². The van der Waals surface area contributed by atoms with Crippen LogP contribution in [-0.2, 0) is 11.3 Å². The van der Waals surface area contributed by atoms with E-state index in [0.717, 1.165) is 55.5 Å². The Balaban J connectivity index is 1.22. The van der Waals surface area contributed by atoms with Gasteiger partial charge in [-0.3, -0.25) is 9.69 Å². The van der Waals surface area contributed by atoms with E-state index in [1.54, 1.807) is 18.3 Å². The van der Waals surface area contributed by atoms with Crippen LogP contribution in [-0.4, -0.2) is 51.9 Å². The first-order valence-electron chi connectivity index (χ1n) is 11.0. The van der Waals surface area contributed by atoms with E-state index in [0.29, 0.717) is 13.1 Å². The van der Waals surface area contributed by atoms with E-state index in [1.165, 1.54) is 17.2 Å². The van der Waals surface area contributed by atoms with E-state index in [2.05, 4.69) is 27.0 Å². The number of aromatic nitrogens is 2. The molecule has 31 heavy (non-hydrogen) atoms. The lowest BCUT2D eigenvalue weighted by Crippen LogP contribution is -2.45. The maximum Gasteiger partial charge on any atom is 0.227 e. The summed E-state index contributed by atoms with van der Waals surface area (Å²) >= 11 is 0. The number of benzene rings is 1. The number of nitrogens with zero attached hydrogens (tertiary/aromatic N) is 3. The SMILES string of the molecule is O=C(C1CCCN(Cc2cccc(F)c2)C1)N1CC=C(c2c[nH]c3ncccc23)CC1. The second kappa shape index (κ2) is 8.63. The Morgan fingerprint density at radius 3 is 3.00 bits per heavy atom. The summed E-state index contributed by atoms with van der Waals surface area (Å²) in [7, 11) is 0. The fourth-order valence-electron chi connectivity index (χ4n) is 4.89. The highest BCUT2D eigenvalue weighted by molar-refractivity contribution is 5.91. The van der Waals surface area contributed by atoms with Crippen molar-refractivity contribution in [1.82, 2.24) is 19.8 Å². The monoisotopic (exact) mass is 418 g/mol. The molecule has 0 radical (unpaired) electrons. The van der Waals surface area contributed by atoms with Gasteiger partial charge in [-0.1, -0.05) is 18.2 Å². The molecule has 1 unspecified atom stereocenters. The molecule has 0 saturated carbocycles. The molecular formula is C25H27FN4O. The van der Waals surface area contributed by atoms with Gasteiger partial charge in [0.1, 0.15) is 11.5 Å². The largest absolute Gasteiger partial charge is 0.346 e. The zero-order valence-corrected chi connectivity index (χ0v) is 17.6. The molecule has 0 bridgehead atoms. The maximum absolute atomic E-state index is 13.5. The second-order valence-electron chi connectivity index (χ2n) is 8.57. The zero-order chi connectivity index (χ0) is 21.2. The summed E-state index contributed by atoms with van der Waals surface area (Å²) < 4.78 is 13.5. The molecular weight excluding hydrogens is 391 g/mol. The molecule has 1 N–H and O–H groups in total. The van der Waals surface area contributed by atoms with Gasteiger partial charge in [0.2, 0.25) is 5.91 Å². The van der Waals surface area contributed by atoms with E-state index < -0.39 is 0 Å². The third-order valence-electron chi connectivity index (χ3n) is 6.47. The fourth-order valence-corrected chi connectivity index (χ4v) is 4.89. The third-order valence-corrected chi connectivity index (χ3v) is 6.47. The van der Waals surface area contributed by atoms with Crippen molar-refractivity contribution in [1.29, 1.82) is 0 Å². The second-order valence-corrected chi connectivity index (χ2v) is 8.57. The molecule has 1 saturated heterocycles. The number of hydrogen-bond acceptors (Lipinski definition) is 3. The lowest BCUT2D eigenvalue weighted by atomic mass is 9.94. The number of hydrogen-bond donors (Lipinski definition) is 1. The number of carbonyl (C=O) groups excluding carboxylic acids is 1. The number of H-pyrrole nitrogens is 1. The number of halogens is 1. The van der Waals surface area contributed by atoms with Gasteiger partial charge < -0.3 is 9.88 Å². The third kappa shape index (κ3) is 4.26. The molecule has 5 rings (SSSR count). The maximum atomic E-state index is 13.5. The predicted octanol–water partition coefficient (Wildman–Crippen LogP) is 4.23. The average molecular weight is 419 g/mol. The number of nitrogens with one attached hydrogen (secondary N) is 1. The van der Waals surface area contributed by atoms with Crippen molar-refractivity contribution < 1.29 is 9.18 Å². The molecule has 4 heterocycles. The smallest absolute Gasteiger partial charge is 0.227 e. The van der Waals surface area contributed by atoms with Crippen LogP contribution in [0.3, 0.4) is 0 Å². The number of amides is 1. The quantitative estimate of drug-likeness (QED) is 0.690. The van der Waals surface area contributed by atoms with Crippen LogP contribution >= 0.6 is 0 Å². The van der Waals surface area contributed by atoms with E-state index in [4.69, 9.17) is 0 Å². The Morgan fingerprint density at radius 2 is 2.16 bits per heavy atom. The molecule has 6 heteroatoms. The van der Waals surface area contributed by atoms with Crippen molar-refractivity contribution >= 4 is 22.5 Å². The number of likely N-dealkylation sites (tertiary alicyclic amines) is 1. The minimum atomic E-state index is -0.205. The normalized spacial score (nSPS) is 20.1. The molecule has 3 aromatic rings. The highest BCUT2D eigenvalue weighted by Gasteiger charge is 2.30. The Bertz CT molecular complexity index is 1120. The van der Waals surface area contributed by atoms with Gasteiger partial charge in [-0.2, -0.15) is 0 Å². The van der Waals surface area contributed by atoms with E-state index in [9.17, 15) is 9.18 Å². The summed E-state index contributed by atoms with van der Waals surface area (Å²) in [5.41, 5.74) is 4.33. The highest BCUT2D eigenvalue weighted by Crippen LogP contribution is 2.29. The van der Waals surface area contributed by atoms with Crippen LogP contribution in [0.2, 0.25) is 0 Å². The average Bonchev–Trinajstić information content (AvgIpc) is 3.23. The summed E-state index contributed by atoms with van der Waals surface area (Å²) in [4.78, 5) is 25.1.